The predicted molar refractivity (Wildman–Crippen MR) is 58.6 cm³/mol. The van der Waals surface area contributed by atoms with Crippen LogP contribution in [-0.4, -0.2) is 24.4 Å². The summed E-state index contributed by atoms with van der Waals surface area (Å²) >= 11 is 0. The van der Waals surface area contributed by atoms with E-state index in [0.717, 1.165) is 11.1 Å². The van der Waals surface area contributed by atoms with Gasteiger partial charge in [0.1, 0.15) is 12.4 Å². The Morgan fingerprint density at radius 2 is 2.12 bits per heavy atom. The molecule has 6 heteroatoms. The molecule has 96 valence electrons. The summed E-state index contributed by atoms with van der Waals surface area (Å²) in [7, 11) is 0. The Bertz CT molecular complexity index is 366. The molecule has 0 aromatic carbocycles. The van der Waals surface area contributed by atoms with Crippen molar-refractivity contribution in [2.45, 2.75) is 25.9 Å². The smallest absolute Gasteiger partial charge is 0.383 e. The fraction of sp³-hybridized carbons (Fsp3) is 0.545. The number of alkyl halides is 3. The Kier molecular flexibility index (Phi) is 4.74. The zero-order valence-electron chi connectivity index (χ0n) is 9.55. The van der Waals surface area contributed by atoms with Crippen LogP contribution in [0.5, 0.6) is 0 Å². The highest BCUT2D eigenvalue weighted by Gasteiger charge is 2.27. The molecule has 1 aromatic heterocycles. The van der Waals surface area contributed by atoms with Gasteiger partial charge >= 0.3 is 6.18 Å². The zero-order valence-corrected chi connectivity index (χ0v) is 9.55. The van der Waals surface area contributed by atoms with Gasteiger partial charge in [-0.05, 0) is 30.9 Å². The van der Waals surface area contributed by atoms with E-state index in [1.165, 1.54) is 0 Å². The summed E-state index contributed by atoms with van der Waals surface area (Å²) < 4.78 is 39.8. The highest BCUT2D eigenvalue weighted by atomic mass is 19.4. The summed E-state index contributed by atoms with van der Waals surface area (Å²) in [6.45, 7) is 0.748. The summed E-state index contributed by atoms with van der Waals surface area (Å²) in [6, 6.07) is 1.88. The Labute approximate surface area is 97.8 Å². The molecule has 2 N–H and O–H groups in total. The second-order valence-electron chi connectivity index (χ2n) is 3.83. The first-order valence-electron chi connectivity index (χ1n) is 5.24. The van der Waals surface area contributed by atoms with E-state index in [-0.39, 0.29) is 6.61 Å². The Morgan fingerprint density at radius 3 is 2.76 bits per heavy atom. The molecular formula is C11H15F3N2O. The molecule has 0 atom stereocenters. The largest absolute Gasteiger partial charge is 0.411 e. The number of nitrogens with zero attached hydrogens (tertiary/aromatic N) is 1. The van der Waals surface area contributed by atoms with Gasteiger partial charge in [-0.15, -0.1) is 0 Å². The normalized spacial score (nSPS) is 11.8. The number of ether oxygens (including phenoxy) is 1. The first kappa shape index (κ1) is 13.8. The third-order valence-corrected chi connectivity index (χ3v) is 2.14. The van der Waals surface area contributed by atoms with E-state index in [9.17, 15) is 13.2 Å². The van der Waals surface area contributed by atoms with Crippen LogP contribution < -0.4 is 5.73 Å². The maximum absolute atomic E-state index is 11.8. The minimum atomic E-state index is -4.26. The number of rotatable bonds is 5. The minimum Gasteiger partial charge on any atom is -0.383 e. The zero-order chi connectivity index (χ0) is 12.9. The van der Waals surface area contributed by atoms with Gasteiger partial charge in [-0.25, -0.2) is 4.98 Å². The molecule has 0 fully saturated rings. The van der Waals surface area contributed by atoms with E-state index in [4.69, 9.17) is 5.73 Å². The first-order valence-corrected chi connectivity index (χ1v) is 5.24. The molecule has 17 heavy (non-hydrogen) atoms. The van der Waals surface area contributed by atoms with Crippen molar-refractivity contribution in [3.8, 4) is 0 Å². The monoisotopic (exact) mass is 248 g/mol. The van der Waals surface area contributed by atoms with Gasteiger partial charge in [0.25, 0.3) is 0 Å². The molecule has 0 spiro atoms. The fourth-order valence-corrected chi connectivity index (χ4v) is 1.39. The third-order valence-electron chi connectivity index (χ3n) is 2.14. The second kappa shape index (κ2) is 5.86. The lowest BCUT2D eigenvalue weighted by molar-refractivity contribution is -0.174. The van der Waals surface area contributed by atoms with E-state index in [0.29, 0.717) is 18.7 Å². The van der Waals surface area contributed by atoms with Crippen LogP contribution in [0.2, 0.25) is 0 Å². The molecule has 0 amide bonds. The Morgan fingerprint density at radius 1 is 1.41 bits per heavy atom. The molecule has 1 rings (SSSR count). The van der Waals surface area contributed by atoms with E-state index in [2.05, 4.69) is 9.72 Å². The number of aromatic nitrogens is 1. The van der Waals surface area contributed by atoms with Crippen LogP contribution in [0.4, 0.5) is 19.0 Å². The quantitative estimate of drug-likeness (QED) is 0.814. The molecule has 0 radical (unpaired) electrons. The van der Waals surface area contributed by atoms with E-state index >= 15 is 0 Å². The maximum Gasteiger partial charge on any atom is 0.411 e. The third kappa shape index (κ3) is 5.53. The molecule has 0 bridgehead atoms. The van der Waals surface area contributed by atoms with Crippen LogP contribution in [0.15, 0.2) is 12.3 Å². The van der Waals surface area contributed by atoms with Crippen LogP contribution in [0.25, 0.3) is 0 Å². The van der Waals surface area contributed by atoms with Gasteiger partial charge in [0.05, 0.1) is 0 Å². The van der Waals surface area contributed by atoms with Crippen molar-refractivity contribution in [2.24, 2.45) is 0 Å². The summed E-state index contributed by atoms with van der Waals surface area (Å²) in [4.78, 5) is 3.97. The lowest BCUT2D eigenvalue weighted by Crippen LogP contribution is -2.17. The molecule has 0 saturated carbocycles. The van der Waals surface area contributed by atoms with E-state index in [1.54, 1.807) is 6.20 Å². The summed E-state index contributed by atoms with van der Waals surface area (Å²) in [5.41, 5.74) is 7.47. The average molecular weight is 248 g/mol. The van der Waals surface area contributed by atoms with Crippen molar-refractivity contribution < 1.29 is 17.9 Å². The Hall–Kier alpha value is -1.30. The summed E-state index contributed by atoms with van der Waals surface area (Å²) in [5, 5.41) is 0. The maximum atomic E-state index is 11.8. The van der Waals surface area contributed by atoms with Crippen LogP contribution >= 0.6 is 0 Å². The Balaban J connectivity index is 2.29. The molecule has 0 aliphatic heterocycles. The number of nitrogens with two attached hydrogens (primary N) is 1. The van der Waals surface area contributed by atoms with Gasteiger partial charge in [-0.3, -0.25) is 0 Å². The highest BCUT2D eigenvalue weighted by molar-refractivity contribution is 5.40. The first-order chi connectivity index (χ1) is 7.88. The van der Waals surface area contributed by atoms with Crippen LogP contribution in [-0.2, 0) is 11.2 Å². The van der Waals surface area contributed by atoms with Gasteiger partial charge in [-0.2, -0.15) is 13.2 Å². The highest BCUT2D eigenvalue weighted by Crippen LogP contribution is 2.15. The molecule has 1 aromatic rings. The summed E-state index contributed by atoms with van der Waals surface area (Å²) in [5.74, 6) is 0.423. The van der Waals surface area contributed by atoms with Gasteiger partial charge < -0.3 is 10.5 Å². The average Bonchev–Trinajstić information content (AvgIpc) is 2.21. The number of anilines is 1. The minimum absolute atomic E-state index is 0.0624. The standard InChI is InChI=1S/C11H15F3N2O/c1-8-5-9(10(15)16-6-8)3-2-4-17-7-11(12,13)14/h5-6H,2-4,7H2,1H3,(H2,15,16). The number of pyridine rings is 1. The van der Waals surface area contributed by atoms with Crippen molar-refractivity contribution in [3.63, 3.8) is 0 Å². The summed E-state index contributed by atoms with van der Waals surface area (Å²) in [6.07, 6.45) is -1.55. The van der Waals surface area contributed by atoms with Crippen molar-refractivity contribution >= 4 is 5.82 Å². The van der Waals surface area contributed by atoms with Gasteiger partial charge in [-0.1, -0.05) is 6.07 Å². The van der Waals surface area contributed by atoms with Gasteiger partial charge in [0.2, 0.25) is 0 Å². The van der Waals surface area contributed by atoms with Crippen molar-refractivity contribution in [1.29, 1.82) is 0 Å². The number of halogens is 3. The number of hydrogen-bond donors (Lipinski definition) is 1. The molecular weight excluding hydrogens is 233 g/mol. The van der Waals surface area contributed by atoms with E-state index < -0.39 is 12.8 Å². The molecule has 0 unspecified atom stereocenters. The van der Waals surface area contributed by atoms with Crippen molar-refractivity contribution in [3.05, 3.63) is 23.4 Å². The van der Waals surface area contributed by atoms with Gasteiger partial charge in [0.15, 0.2) is 0 Å². The molecule has 0 aliphatic carbocycles. The molecule has 1 heterocycles. The number of aryl methyl sites for hydroxylation is 2. The molecule has 0 aliphatic rings. The second-order valence-corrected chi connectivity index (χ2v) is 3.83. The molecule has 3 nitrogen and oxygen atoms in total. The lowest BCUT2D eigenvalue weighted by Gasteiger charge is -2.08. The number of nitrogen functional groups attached to an aromatic ring is 1. The fourth-order valence-electron chi connectivity index (χ4n) is 1.39. The van der Waals surface area contributed by atoms with Gasteiger partial charge in [0, 0.05) is 12.8 Å². The van der Waals surface area contributed by atoms with Crippen LogP contribution in [0.3, 0.4) is 0 Å². The molecule has 0 saturated heterocycles. The lowest BCUT2D eigenvalue weighted by atomic mass is 10.1. The van der Waals surface area contributed by atoms with Crippen molar-refractivity contribution in [2.75, 3.05) is 18.9 Å². The topological polar surface area (TPSA) is 48.1 Å². The van der Waals surface area contributed by atoms with Crippen LogP contribution in [0.1, 0.15) is 17.5 Å². The number of hydrogen-bond acceptors (Lipinski definition) is 3. The van der Waals surface area contributed by atoms with E-state index in [1.807, 2.05) is 13.0 Å². The SMILES string of the molecule is Cc1cnc(N)c(CCCOCC(F)(F)F)c1. The van der Waals surface area contributed by atoms with Crippen LogP contribution in [0, 0.1) is 6.92 Å². The van der Waals surface area contributed by atoms with Crippen molar-refractivity contribution in [1.82, 2.24) is 4.98 Å². The predicted octanol–water partition coefficient (Wildman–Crippen LogP) is 2.48.